The quantitative estimate of drug-likeness (QED) is 0.687. The first-order valence-electron chi connectivity index (χ1n) is 7.40. The highest BCUT2D eigenvalue weighted by molar-refractivity contribution is 7.91. The van der Waals surface area contributed by atoms with Gasteiger partial charge in [-0.25, -0.2) is 13.2 Å². The zero-order chi connectivity index (χ0) is 18.7. The Balaban J connectivity index is 1.87. The lowest BCUT2D eigenvalue weighted by molar-refractivity contribution is 0.0696. The fourth-order valence-corrected chi connectivity index (χ4v) is 3.42. The van der Waals surface area contributed by atoms with Gasteiger partial charge in [-0.15, -0.1) is 5.10 Å². The molecule has 0 saturated carbocycles. The molecule has 3 aromatic rings. The minimum Gasteiger partial charge on any atom is -0.478 e. The van der Waals surface area contributed by atoms with Crippen LogP contribution in [0.5, 0.6) is 0 Å². The molecule has 0 spiro atoms. The van der Waals surface area contributed by atoms with Crippen LogP contribution < -0.4 is 0 Å². The SMILES string of the molecule is O=C(O)c1ccc(C(=O)c2ccc(S(=O)(=O)c3cccnn3)cc2)cc1. The summed E-state index contributed by atoms with van der Waals surface area (Å²) in [4.78, 5) is 23.3. The van der Waals surface area contributed by atoms with Gasteiger partial charge in [-0.3, -0.25) is 4.79 Å². The van der Waals surface area contributed by atoms with Crippen molar-refractivity contribution in [3.63, 3.8) is 0 Å². The third-order valence-electron chi connectivity index (χ3n) is 3.64. The maximum absolute atomic E-state index is 12.4. The van der Waals surface area contributed by atoms with Gasteiger partial charge >= 0.3 is 5.97 Å². The van der Waals surface area contributed by atoms with Crippen LogP contribution in [0.4, 0.5) is 0 Å². The van der Waals surface area contributed by atoms with E-state index in [4.69, 9.17) is 5.11 Å². The van der Waals surface area contributed by atoms with Gasteiger partial charge in [0, 0.05) is 17.3 Å². The number of rotatable bonds is 5. The van der Waals surface area contributed by atoms with Crippen LogP contribution in [-0.2, 0) is 9.84 Å². The number of aromatic carboxylic acids is 1. The Bertz CT molecular complexity index is 1060. The highest BCUT2D eigenvalue weighted by Crippen LogP contribution is 2.20. The van der Waals surface area contributed by atoms with Crippen LogP contribution in [0.15, 0.2) is 76.8 Å². The number of sulfone groups is 1. The molecule has 26 heavy (non-hydrogen) atoms. The standard InChI is InChI=1S/C18H12N2O5S/c21-17(12-3-5-14(6-4-12)18(22)23)13-7-9-15(10-8-13)26(24,25)16-2-1-11-19-20-16/h1-11H,(H,22,23). The molecule has 8 heteroatoms. The van der Waals surface area contributed by atoms with E-state index in [1.54, 1.807) is 0 Å². The Morgan fingerprint density at radius 2 is 1.35 bits per heavy atom. The summed E-state index contributed by atoms with van der Waals surface area (Å²) >= 11 is 0. The van der Waals surface area contributed by atoms with Gasteiger partial charge in [0.05, 0.1) is 10.5 Å². The average Bonchev–Trinajstić information content (AvgIpc) is 2.68. The Hall–Kier alpha value is -3.39. The van der Waals surface area contributed by atoms with Crippen LogP contribution >= 0.6 is 0 Å². The first kappa shape index (κ1) is 17.4. The van der Waals surface area contributed by atoms with Crippen molar-refractivity contribution in [2.24, 2.45) is 0 Å². The number of nitrogens with zero attached hydrogens (tertiary/aromatic N) is 2. The number of hydrogen-bond acceptors (Lipinski definition) is 6. The molecule has 1 N–H and O–H groups in total. The van der Waals surface area contributed by atoms with Gasteiger partial charge in [0.15, 0.2) is 10.8 Å². The molecule has 0 atom stereocenters. The molecule has 0 amide bonds. The molecular formula is C18H12N2O5S. The predicted octanol–water partition coefficient (Wildman–Crippen LogP) is 2.24. The zero-order valence-electron chi connectivity index (χ0n) is 13.2. The van der Waals surface area contributed by atoms with Gasteiger partial charge in [0.1, 0.15) is 0 Å². The van der Waals surface area contributed by atoms with Gasteiger partial charge in [-0.05, 0) is 48.5 Å². The van der Waals surface area contributed by atoms with Crippen LogP contribution in [-0.4, -0.2) is 35.5 Å². The molecule has 0 aliphatic heterocycles. The lowest BCUT2D eigenvalue weighted by Gasteiger charge is -2.05. The summed E-state index contributed by atoms with van der Waals surface area (Å²) in [6.45, 7) is 0. The summed E-state index contributed by atoms with van der Waals surface area (Å²) in [5.41, 5.74) is 0.665. The smallest absolute Gasteiger partial charge is 0.335 e. The fraction of sp³-hybridized carbons (Fsp3) is 0. The lowest BCUT2D eigenvalue weighted by atomic mass is 10.0. The molecule has 1 heterocycles. The van der Waals surface area contributed by atoms with E-state index < -0.39 is 15.8 Å². The largest absolute Gasteiger partial charge is 0.478 e. The van der Waals surface area contributed by atoms with E-state index >= 15 is 0 Å². The van der Waals surface area contributed by atoms with Crippen molar-refractivity contribution >= 4 is 21.6 Å². The van der Waals surface area contributed by atoms with Crippen molar-refractivity contribution in [1.82, 2.24) is 10.2 Å². The summed E-state index contributed by atoms with van der Waals surface area (Å²) in [5, 5.41) is 15.9. The maximum Gasteiger partial charge on any atom is 0.335 e. The maximum atomic E-state index is 12.4. The topological polar surface area (TPSA) is 114 Å². The van der Waals surface area contributed by atoms with Crippen molar-refractivity contribution in [2.75, 3.05) is 0 Å². The van der Waals surface area contributed by atoms with Crippen LogP contribution in [0.3, 0.4) is 0 Å². The van der Waals surface area contributed by atoms with E-state index in [0.717, 1.165) is 0 Å². The van der Waals surface area contributed by atoms with E-state index in [0.29, 0.717) is 5.56 Å². The minimum absolute atomic E-state index is 0.00391. The van der Waals surface area contributed by atoms with Crippen LogP contribution in [0, 0.1) is 0 Å². The number of carboxylic acid groups (broad SMARTS) is 1. The summed E-state index contributed by atoms with van der Waals surface area (Å²) < 4.78 is 24.9. The number of aromatic nitrogens is 2. The Morgan fingerprint density at radius 3 is 1.85 bits per heavy atom. The summed E-state index contributed by atoms with van der Waals surface area (Å²) in [6, 6.07) is 13.8. The molecule has 0 bridgehead atoms. The molecule has 0 unspecified atom stereocenters. The van der Waals surface area contributed by atoms with Gasteiger partial charge in [0.25, 0.3) is 0 Å². The molecule has 3 rings (SSSR count). The van der Waals surface area contributed by atoms with Gasteiger partial charge in [-0.1, -0.05) is 12.1 Å². The second-order valence-electron chi connectivity index (χ2n) is 5.30. The Morgan fingerprint density at radius 1 is 0.808 bits per heavy atom. The molecule has 0 aliphatic rings. The molecule has 130 valence electrons. The first-order chi connectivity index (χ1) is 12.4. The van der Waals surface area contributed by atoms with E-state index in [1.165, 1.54) is 66.9 Å². The zero-order valence-corrected chi connectivity index (χ0v) is 14.1. The van der Waals surface area contributed by atoms with Crippen LogP contribution in [0.2, 0.25) is 0 Å². The molecular weight excluding hydrogens is 356 g/mol. The number of carbonyl (C=O) groups excluding carboxylic acids is 1. The molecule has 0 saturated heterocycles. The summed E-state index contributed by atoms with van der Waals surface area (Å²) in [7, 11) is -3.81. The van der Waals surface area contributed by atoms with E-state index in [1.807, 2.05) is 0 Å². The van der Waals surface area contributed by atoms with Crippen molar-refractivity contribution in [2.45, 2.75) is 9.92 Å². The normalized spacial score (nSPS) is 11.1. The van der Waals surface area contributed by atoms with E-state index in [9.17, 15) is 18.0 Å². The van der Waals surface area contributed by atoms with E-state index in [-0.39, 0.29) is 26.8 Å². The van der Waals surface area contributed by atoms with Gasteiger partial charge in [0.2, 0.25) is 9.84 Å². The van der Waals surface area contributed by atoms with Crippen molar-refractivity contribution in [1.29, 1.82) is 0 Å². The highest BCUT2D eigenvalue weighted by Gasteiger charge is 2.20. The predicted molar refractivity (Wildman–Crippen MR) is 90.8 cm³/mol. The second kappa shape index (κ2) is 6.85. The van der Waals surface area contributed by atoms with Crippen molar-refractivity contribution in [3.05, 3.63) is 83.6 Å². The molecule has 1 aromatic heterocycles. The summed E-state index contributed by atoms with van der Waals surface area (Å²) in [6.07, 6.45) is 1.37. The number of hydrogen-bond donors (Lipinski definition) is 1. The lowest BCUT2D eigenvalue weighted by Crippen LogP contribution is -2.07. The van der Waals surface area contributed by atoms with Crippen LogP contribution in [0.25, 0.3) is 0 Å². The number of benzene rings is 2. The fourth-order valence-electron chi connectivity index (χ4n) is 2.27. The molecule has 0 radical (unpaired) electrons. The highest BCUT2D eigenvalue weighted by atomic mass is 32.2. The first-order valence-corrected chi connectivity index (χ1v) is 8.89. The van der Waals surface area contributed by atoms with Crippen LogP contribution in [0.1, 0.15) is 26.3 Å². The van der Waals surface area contributed by atoms with E-state index in [2.05, 4.69) is 10.2 Å². The third kappa shape index (κ3) is 3.35. The molecule has 7 nitrogen and oxygen atoms in total. The van der Waals surface area contributed by atoms with Crippen molar-refractivity contribution < 1.29 is 23.1 Å². The Kier molecular flexibility index (Phi) is 4.59. The monoisotopic (exact) mass is 368 g/mol. The molecule has 0 fully saturated rings. The molecule has 2 aromatic carbocycles. The second-order valence-corrected chi connectivity index (χ2v) is 7.20. The van der Waals surface area contributed by atoms with Gasteiger partial charge in [-0.2, -0.15) is 5.10 Å². The number of carbonyl (C=O) groups is 2. The summed E-state index contributed by atoms with van der Waals surface area (Å²) in [5.74, 6) is -1.42. The molecule has 0 aliphatic carbocycles. The average molecular weight is 368 g/mol. The van der Waals surface area contributed by atoms with Gasteiger partial charge < -0.3 is 5.11 Å². The Labute approximate surface area is 148 Å². The third-order valence-corrected chi connectivity index (χ3v) is 5.31. The number of ketones is 1. The van der Waals surface area contributed by atoms with Crippen molar-refractivity contribution in [3.8, 4) is 0 Å². The number of carboxylic acids is 1. The minimum atomic E-state index is -3.81.